The molecule has 26 heavy (non-hydrogen) atoms. The molecule has 0 radical (unpaired) electrons. The molecule has 0 aliphatic rings. The van der Waals surface area contributed by atoms with Crippen molar-refractivity contribution in [1.82, 2.24) is 0 Å². The molecule has 1 N–H and O–H groups in total. The highest BCUT2D eigenvalue weighted by Gasteiger charge is 2.00. The van der Waals surface area contributed by atoms with E-state index in [1.165, 1.54) is 11.1 Å². The predicted molar refractivity (Wildman–Crippen MR) is 107 cm³/mol. The molecule has 3 aromatic rings. The van der Waals surface area contributed by atoms with Gasteiger partial charge < -0.3 is 14.8 Å². The molecule has 0 aromatic heterocycles. The molecule has 0 amide bonds. The third-order valence-electron chi connectivity index (χ3n) is 3.98. The Labute approximate surface area is 155 Å². The van der Waals surface area contributed by atoms with Crippen molar-refractivity contribution in [3.8, 4) is 11.5 Å². The molecule has 0 spiro atoms. The number of anilines is 1. The standard InChI is InChI=1S/C23H25NO2/c1-18-13-19(2)15-23(14-18)25-12-11-24-21-9-6-10-22(16-21)26-17-20-7-4-3-5-8-20/h3-10,13-16,24H,11-12,17H2,1-2H3. The van der Waals surface area contributed by atoms with Crippen LogP contribution in [0, 0.1) is 13.8 Å². The number of nitrogens with one attached hydrogen (secondary N) is 1. The lowest BCUT2D eigenvalue weighted by molar-refractivity contribution is 0.306. The summed E-state index contributed by atoms with van der Waals surface area (Å²) < 4.78 is 11.7. The second kappa shape index (κ2) is 8.95. The molecule has 0 fully saturated rings. The van der Waals surface area contributed by atoms with Crippen molar-refractivity contribution in [3.63, 3.8) is 0 Å². The molecule has 0 heterocycles. The van der Waals surface area contributed by atoms with Gasteiger partial charge in [-0.1, -0.05) is 42.5 Å². The number of hydrogen-bond donors (Lipinski definition) is 1. The summed E-state index contributed by atoms with van der Waals surface area (Å²) >= 11 is 0. The first kappa shape index (κ1) is 17.9. The summed E-state index contributed by atoms with van der Waals surface area (Å²) in [5.74, 6) is 1.78. The summed E-state index contributed by atoms with van der Waals surface area (Å²) in [6.45, 7) is 6.07. The zero-order valence-corrected chi connectivity index (χ0v) is 15.4. The lowest BCUT2D eigenvalue weighted by Crippen LogP contribution is -2.11. The van der Waals surface area contributed by atoms with E-state index >= 15 is 0 Å². The number of benzene rings is 3. The largest absolute Gasteiger partial charge is 0.492 e. The van der Waals surface area contributed by atoms with Crippen LogP contribution in [0.1, 0.15) is 16.7 Å². The SMILES string of the molecule is Cc1cc(C)cc(OCCNc2cccc(OCc3ccccc3)c2)c1. The highest BCUT2D eigenvalue weighted by atomic mass is 16.5. The number of aryl methyl sites for hydroxylation is 2. The molecular weight excluding hydrogens is 322 g/mol. The number of hydrogen-bond acceptors (Lipinski definition) is 3. The maximum atomic E-state index is 5.86. The van der Waals surface area contributed by atoms with Crippen LogP contribution in [0.3, 0.4) is 0 Å². The highest BCUT2D eigenvalue weighted by molar-refractivity contribution is 5.48. The van der Waals surface area contributed by atoms with E-state index in [-0.39, 0.29) is 0 Å². The Balaban J connectivity index is 1.46. The normalized spacial score (nSPS) is 10.4. The fourth-order valence-corrected chi connectivity index (χ4v) is 2.82. The van der Waals surface area contributed by atoms with Gasteiger partial charge in [-0.15, -0.1) is 0 Å². The molecule has 3 rings (SSSR count). The molecule has 3 nitrogen and oxygen atoms in total. The fraction of sp³-hybridized carbons (Fsp3) is 0.217. The molecule has 0 aliphatic heterocycles. The number of ether oxygens (including phenoxy) is 2. The van der Waals surface area contributed by atoms with Crippen LogP contribution in [0.5, 0.6) is 11.5 Å². The third kappa shape index (κ3) is 5.55. The quantitative estimate of drug-likeness (QED) is 0.555. The predicted octanol–water partition coefficient (Wildman–Crippen LogP) is 5.37. The molecule has 0 aliphatic carbocycles. The highest BCUT2D eigenvalue weighted by Crippen LogP contribution is 2.19. The molecule has 0 bridgehead atoms. The topological polar surface area (TPSA) is 30.5 Å². The van der Waals surface area contributed by atoms with Crippen molar-refractivity contribution in [1.29, 1.82) is 0 Å². The Hall–Kier alpha value is -2.94. The van der Waals surface area contributed by atoms with Gasteiger partial charge in [0, 0.05) is 18.3 Å². The summed E-state index contributed by atoms with van der Waals surface area (Å²) in [6, 6.07) is 24.5. The summed E-state index contributed by atoms with van der Waals surface area (Å²) in [6.07, 6.45) is 0. The maximum Gasteiger partial charge on any atom is 0.121 e. The molecule has 3 aromatic carbocycles. The van der Waals surface area contributed by atoms with Crippen molar-refractivity contribution < 1.29 is 9.47 Å². The summed E-state index contributed by atoms with van der Waals surface area (Å²) in [7, 11) is 0. The Morgan fingerprint density at radius 3 is 2.27 bits per heavy atom. The first-order valence-corrected chi connectivity index (χ1v) is 8.91. The van der Waals surface area contributed by atoms with Crippen molar-refractivity contribution >= 4 is 5.69 Å². The monoisotopic (exact) mass is 347 g/mol. The van der Waals surface area contributed by atoms with Gasteiger partial charge in [0.25, 0.3) is 0 Å². The Bertz CT molecular complexity index is 810. The van der Waals surface area contributed by atoms with Gasteiger partial charge in [0.2, 0.25) is 0 Å². The van der Waals surface area contributed by atoms with Gasteiger partial charge in [-0.25, -0.2) is 0 Å². The van der Waals surface area contributed by atoms with E-state index in [1.54, 1.807) is 0 Å². The van der Waals surface area contributed by atoms with Gasteiger partial charge in [-0.3, -0.25) is 0 Å². The molecule has 3 heteroatoms. The van der Waals surface area contributed by atoms with E-state index in [4.69, 9.17) is 9.47 Å². The van der Waals surface area contributed by atoms with Crippen molar-refractivity contribution in [3.05, 3.63) is 89.5 Å². The maximum absolute atomic E-state index is 5.86. The van der Waals surface area contributed by atoms with Crippen LogP contribution in [0.2, 0.25) is 0 Å². The van der Waals surface area contributed by atoms with Gasteiger partial charge in [-0.05, 0) is 54.8 Å². The van der Waals surface area contributed by atoms with E-state index < -0.39 is 0 Å². The molecule has 0 atom stereocenters. The summed E-state index contributed by atoms with van der Waals surface area (Å²) in [5.41, 5.74) is 4.62. The van der Waals surface area contributed by atoms with E-state index in [9.17, 15) is 0 Å². The van der Waals surface area contributed by atoms with Crippen LogP contribution in [-0.2, 0) is 6.61 Å². The van der Waals surface area contributed by atoms with Gasteiger partial charge in [0.15, 0.2) is 0 Å². The van der Waals surface area contributed by atoms with E-state index in [1.807, 2.05) is 42.5 Å². The van der Waals surface area contributed by atoms with Crippen molar-refractivity contribution in [2.24, 2.45) is 0 Å². The third-order valence-corrected chi connectivity index (χ3v) is 3.98. The lowest BCUT2D eigenvalue weighted by Gasteiger charge is -2.11. The molecule has 0 saturated heterocycles. The van der Waals surface area contributed by atoms with E-state index in [2.05, 4.69) is 49.5 Å². The van der Waals surface area contributed by atoms with Gasteiger partial charge in [0.1, 0.15) is 24.7 Å². The average molecular weight is 347 g/mol. The van der Waals surface area contributed by atoms with Gasteiger partial charge >= 0.3 is 0 Å². The Morgan fingerprint density at radius 1 is 0.731 bits per heavy atom. The molecule has 134 valence electrons. The van der Waals surface area contributed by atoms with Crippen molar-refractivity contribution in [2.45, 2.75) is 20.5 Å². The smallest absolute Gasteiger partial charge is 0.121 e. The van der Waals surface area contributed by atoms with Crippen LogP contribution in [-0.4, -0.2) is 13.2 Å². The number of rotatable bonds is 8. The first-order valence-electron chi connectivity index (χ1n) is 8.91. The fourth-order valence-electron chi connectivity index (χ4n) is 2.82. The zero-order chi connectivity index (χ0) is 18.2. The Morgan fingerprint density at radius 2 is 1.50 bits per heavy atom. The average Bonchev–Trinajstić information content (AvgIpc) is 2.64. The van der Waals surface area contributed by atoms with Crippen LogP contribution < -0.4 is 14.8 Å². The molecule has 0 unspecified atom stereocenters. The van der Waals surface area contributed by atoms with Crippen LogP contribution in [0.15, 0.2) is 72.8 Å². The second-order valence-electron chi connectivity index (χ2n) is 6.40. The Kier molecular flexibility index (Phi) is 6.15. The minimum atomic E-state index is 0.570. The minimum absolute atomic E-state index is 0.570. The summed E-state index contributed by atoms with van der Waals surface area (Å²) in [4.78, 5) is 0. The van der Waals surface area contributed by atoms with E-state index in [0.29, 0.717) is 13.2 Å². The van der Waals surface area contributed by atoms with Gasteiger partial charge in [0.05, 0.1) is 0 Å². The lowest BCUT2D eigenvalue weighted by atomic mass is 10.1. The molecule has 0 saturated carbocycles. The second-order valence-corrected chi connectivity index (χ2v) is 6.40. The van der Waals surface area contributed by atoms with E-state index in [0.717, 1.165) is 29.3 Å². The van der Waals surface area contributed by atoms with Crippen molar-refractivity contribution in [2.75, 3.05) is 18.5 Å². The van der Waals surface area contributed by atoms with Crippen LogP contribution in [0.25, 0.3) is 0 Å². The van der Waals surface area contributed by atoms with Gasteiger partial charge in [-0.2, -0.15) is 0 Å². The zero-order valence-electron chi connectivity index (χ0n) is 15.4. The minimum Gasteiger partial charge on any atom is -0.492 e. The van der Waals surface area contributed by atoms with Crippen LogP contribution in [0.4, 0.5) is 5.69 Å². The first-order chi connectivity index (χ1) is 12.7. The van der Waals surface area contributed by atoms with Crippen LogP contribution >= 0.6 is 0 Å². The molecular formula is C23H25NO2. The summed E-state index contributed by atoms with van der Waals surface area (Å²) in [5, 5.41) is 3.38.